The third-order valence-corrected chi connectivity index (χ3v) is 4.02. The predicted molar refractivity (Wildman–Crippen MR) is 65.6 cm³/mol. The zero-order valence-electron chi connectivity index (χ0n) is 8.54. The average Bonchev–Trinajstić information content (AvgIpc) is 2.23. The van der Waals surface area contributed by atoms with E-state index in [4.69, 9.17) is 4.74 Å². The number of halogens is 1. The molecule has 0 aromatic carbocycles. The van der Waals surface area contributed by atoms with Crippen LogP contribution in [0.4, 0.5) is 0 Å². The Morgan fingerprint density at radius 3 is 2.21 bits per heavy atom. The van der Waals surface area contributed by atoms with E-state index in [0.29, 0.717) is 12.2 Å². The fourth-order valence-electron chi connectivity index (χ4n) is 2.16. The molecule has 0 radical (unpaired) electrons. The summed E-state index contributed by atoms with van der Waals surface area (Å²) in [5, 5.41) is 3.37. The summed E-state index contributed by atoms with van der Waals surface area (Å²) in [5.41, 5.74) is 0. The van der Waals surface area contributed by atoms with Gasteiger partial charge in [-0.05, 0) is 38.8 Å². The molecule has 1 N–H and O–H groups in total. The van der Waals surface area contributed by atoms with Gasteiger partial charge in [0.05, 0.1) is 12.2 Å². The Bertz CT molecular complexity index is 166. The third-order valence-electron chi connectivity index (χ3n) is 3.06. The normalized spacial score (nSPS) is 28.1. The van der Waals surface area contributed by atoms with Crippen molar-refractivity contribution in [3.05, 3.63) is 0 Å². The van der Waals surface area contributed by atoms with Gasteiger partial charge in [0, 0.05) is 36.0 Å². The van der Waals surface area contributed by atoms with Crippen LogP contribution >= 0.6 is 22.9 Å². The van der Waals surface area contributed by atoms with Crippen LogP contribution < -0.4 is 5.32 Å². The van der Waals surface area contributed by atoms with Crippen LogP contribution in [0.3, 0.4) is 0 Å². The van der Waals surface area contributed by atoms with Gasteiger partial charge in [0.2, 0.25) is 0 Å². The second kappa shape index (κ2) is 5.63. The van der Waals surface area contributed by atoms with E-state index in [1.54, 1.807) is 0 Å². The molecule has 0 bridgehead atoms. The molecule has 0 amide bonds. The smallest absolute Gasteiger partial charge is 0.0603 e. The van der Waals surface area contributed by atoms with Crippen molar-refractivity contribution in [3.8, 4) is 0 Å². The molecule has 0 saturated carbocycles. The molecule has 4 heteroatoms. The monoisotopic (exact) mass is 310 g/mol. The highest BCUT2D eigenvalue weighted by Gasteiger charge is 2.22. The molecule has 14 heavy (non-hydrogen) atoms. The van der Waals surface area contributed by atoms with Gasteiger partial charge in [0.25, 0.3) is 0 Å². The molecule has 2 aliphatic rings. The van der Waals surface area contributed by atoms with Crippen LogP contribution in [0.25, 0.3) is 0 Å². The highest BCUT2D eigenvalue weighted by Crippen LogP contribution is 2.20. The SMILES string of the molecule is IN1CCC(OC2CCNCC2)CC1. The van der Waals surface area contributed by atoms with Gasteiger partial charge < -0.3 is 10.1 Å². The summed E-state index contributed by atoms with van der Waals surface area (Å²) in [6, 6.07) is 0. The number of nitrogens with one attached hydrogen (secondary N) is 1. The van der Waals surface area contributed by atoms with E-state index in [9.17, 15) is 0 Å². The van der Waals surface area contributed by atoms with Crippen LogP contribution in [0.15, 0.2) is 0 Å². The van der Waals surface area contributed by atoms with Gasteiger partial charge in [-0.15, -0.1) is 0 Å². The quantitative estimate of drug-likeness (QED) is 0.619. The maximum Gasteiger partial charge on any atom is 0.0603 e. The average molecular weight is 310 g/mol. The maximum absolute atomic E-state index is 6.11. The van der Waals surface area contributed by atoms with Gasteiger partial charge in [-0.3, -0.25) is 0 Å². The predicted octanol–water partition coefficient (Wildman–Crippen LogP) is 1.57. The molecule has 0 atom stereocenters. The summed E-state index contributed by atoms with van der Waals surface area (Å²) in [7, 11) is 0. The molecule has 2 rings (SSSR count). The van der Waals surface area contributed by atoms with Crippen molar-refractivity contribution in [1.29, 1.82) is 0 Å². The van der Waals surface area contributed by atoms with E-state index >= 15 is 0 Å². The Hall–Kier alpha value is 0.610. The lowest BCUT2D eigenvalue weighted by Crippen LogP contribution is -2.38. The minimum Gasteiger partial charge on any atom is -0.375 e. The molecule has 0 unspecified atom stereocenters. The summed E-state index contributed by atoms with van der Waals surface area (Å²) in [4.78, 5) is 0. The van der Waals surface area contributed by atoms with Crippen LogP contribution in [-0.2, 0) is 4.74 Å². The van der Waals surface area contributed by atoms with Crippen molar-refractivity contribution in [2.75, 3.05) is 26.2 Å². The first-order chi connectivity index (χ1) is 6.84. The number of ether oxygens (including phenoxy) is 1. The molecule has 2 aliphatic heterocycles. The minimum atomic E-state index is 0.530. The maximum atomic E-state index is 6.11. The van der Waals surface area contributed by atoms with Crippen LogP contribution in [-0.4, -0.2) is 41.5 Å². The zero-order chi connectivity index (χ0) is 9.80. The van der Waals surface area contributed by atoms with Crippen LogP contribution in [0, 0.1) is 0 Å². The lowest BCUT2D eigenvalue weighted by atomic mass is 10.1. The van der Waals surface area contributed by atoms with Gasteiger partial charge in [-0.25, -0.2) is 3.11 Å². The second-order valence-electron chi connectivity index (χ2n) is 4.19. The van der Waals surface area contributed by atoms with Gasteiger partial charge in [0.15, 0.2) is 0 Å². The molecular weight excluding hydrogens is 291 g/mol. The topological polar surface area (TPSA) is 24.5 Å². The molecule has 0 aliphatic carbocycles. The third kappa shape index (κ3) is 3.32. The summed E-state index contributed by atoms with van der Waals surface area (Å²) in [6.45, 7) is 4.65. The van der Waals surface area contributed by atoms with Gasteiger partial charge >= 0.3 is 0 Å². The fraction of sp³-hybridized carbons (Fsp3) is 1.00. The van der Waals surface area contributed by atoms with Crippen molar-refractivity contribution < 1.29 is 4.74 Å². The Balaban J connectivity index is 1.68. The molecule has 2 heterocycles. The molecule has 2 fully saturated rings. The molecule has 82 valence electrons. The lowest BCUT2D eigenvalue weighted by molar-refractivity contribution is -0.0437. The number of hydrogen-bond acceptors (Lipinski definition) is 3. The van der Waals surface area contributed by atoms with Crippen molar-refractivity contribution in [1.82, 2.24) is 8.43 Å². The minimum absolute atomic E-state index is 0.530. The van der Waals surface area contributed by atoms with Gasteiger partial charge in [0.1, 0.15) is 0 Å². The molecule has 3 nitrogen and oxygen atoms in total. The summed E-state index contributed by atoms with van der Waals surface area (Å²) >= 11 is 2.41. The van der Waals surface area contributed by atoms with E-state index < -0.39 is 0 Å². The number of piperidine rings is 2. The van der Waals surface area contributed by atoms with E-state index in [2.05, 4.69) is 31.3 Å². The van der Waals surface area contributed by atoms with Crippen LogP contribution in [0.1, 0.15) is 25.7 Å². The van der Waals surface area contributed by atoms with Crippen LogP contribution in [0.2, 0.25) is 0 Å². The Morgan fingerprint density at radius 2 is 1.57 bits per heavy atom. The molecule has 0 aromatic rings. The zero-order valence-corrected chi connectivity index (χ0v) is 10.7. The standard InChI is InChI=1S/C10H19IN2O/c11-13-7-3-10(4-8-13)14-9-1-5-12-6-2-9/h9-10,12H,1-8H2. The Labute approximate surface area is 100 Å². The van der Waals surface area contributed by atoms with Crippen molar-refractivity contribution in [2.24, 2.45) is 0 Å². The Kier molecular flexibility index (Phi) is 4.46. The Morgan fingerprint density at radius 1 is 1.00 bits per heavy atom. The number of nitrogens with zero attached hydrogens (tertiary/aromatic N) is 1. The molecular formula is C10H19IN2O. The first kappa shape index (κ1) is 11.1. The van der Waals surface area contributed by atoms with Crippen molar-refractivity contribution in [2.45, 2.75) is 37.9 Å². The molecule has 2 saturated heterocycles. The van der Waals surface area contributed by atoms with E-state index in [1.165, 1.54) is 38.8 Å². The van der Waals surface area contributed by atoms with E-state index in [1.807, 2.05) is 0 Å². The van der Waals surface area contributed by atoms with Crippen LogP contribution in [0.5, 0.6) is 0 Å². The fourth-order valence-corrected chi connectivity index (χ4v) is 2.72. The van der Waals surface area contributed by atoms with Gasteiger partial charge in [-0.1, -0.05) is 0 Å². The number of rotatable bonds is 2. The number of hydrogen-bond donors (Lipinski definition) is 1. The highest BCUT2D eigenvalue weighted by atomic mass is 127. The first-order valence-corrected chi connectivity index (χ1v) is 6.58. The lowest BCUT2D eigenvalue weighted by Gasteiger charge is -2.32. The van der Waals surface area contributed by atoms with Crippen molar-refractivity contribution >= 4 is 22.9 Å². The second-order valence-corrected chi connectivity index (χ2v) is 5.56. The highest BCUT2D eigenvalue weighted by molar-refractivity contribution is 14.1. The van der Waals surface area contributed by atoms with Crippen molar-refractivity contribution in [3.63, 3.8) is 0 Å². The van der Waals surface area contributed by atoms with E-state index in [-0.39, 0.29) is 0 Å². The molecule has 0 aromatic heterocycles. The first-order valence-electron chi connectivity index (χ1n) is 5.61. The molecule has 0 spiro atoms. The summed E-state index contributed by atoms with van der Waals surface area (Å²) in [6.07, 6.45) is 5.89. The van der Waals surface area contributed by atoms with E-state index in [0.717, 1.165) is 13.1 Å². The van der Waals surface area contributed by atoms with Gasteiger partial charge in [-0.2, -0.15) is 0 Å². The summed E-state index contributed by atoms with van der Waals surface area (Å²) < 4.78 is 8.47. The largest absolute Gasteiger partial charge is 0.375 e. The summed E-state index contributed by atoms with van der Waals surface area (Å²) in [5.74, 6) is 0.